The van der Waals surface area contributed by atoms with Crippen LogP contribution in [0.4, 0.5) is 0 Å². The van der Waals surface area contributed by atoms with Gasteiger partial charge < -0.3 is 125 Å². The molecule has 0 fully saturated rings. The van der Waals surface area contributed by atoms with Gasteiger partial charge in [-0.25, -0.2) is 0 Å². The summed E-state index contributed by atoms with van der Waals surface area (Å²) < 4.78 is 165. The fourth-order valence-electron chi connectivity index (χ4n) is 17.1. The minimum atomic E-state index is -2.95. The number of hydrogen-bond donors (Lipinski definition) is 1. The second-order valence-corrected chi connectivity index (χ2v) is 76.5. The third-order valence-electron chi connectivity index (χ3n) is 24.2. The molecule has 28 nitrogen and oxygen atoms in total. The molecule has 0 aliphatic carbocycles. The van der Waals surface area contributed by atoms with Crippen molar-refractivity contribution in [3.63, 3.8) is 0 Å². The van der Waals surface area contributed by atoms with Gasteiger partial charge in [0.05, 0.1) is 32.3 Å². The molecule has 0 rings (SSSR count). The third-order valence-corrected chi connectivity index (χ3v) is 72.3. The molecule has 0 radical (unpaired) electrons. The Morgan fingerprint density at radius 3 is 0.278 bits per heavy atom. The van der Waals surface area contributed by atoms with Crippen LogP contribution in [0.3, 0.4) is 0 Å². The number of hydrogen-bond acceptors (Lipinski definition) is 28. The van der Waals surface area contributed by atoms with Gasteiger partial charge in [0, 0.05) is 274 Å². The van der Waals surface area contributed by atoms with Crippen LogP contribution < -0.4 is 0 Å². The van der Waals surface area contributed by atoms with Crippen molar-refractivity contribution >= 4 is 112 Å². The van der Waals surface area contributed by atoms with Gasteiger partial charge in [-0.05, 0) is 6.42 Å². The fourth-order valence-corrected chi connectivity index (χ4v) is 57.6. The average Bonchev–Trinajstić information content (AvgIpc) is 0.829. The number of aliphatic hydroxyl groups is 1. The van der Waals surface area contributed by atoms with Gasteiger partial charge >= 0.3 is 79.2 Å². The Morgan fingerprint density at radius 2 is 0.204 bits per heavy atom. The van der Waals surface area contributed by atoms with Crippen molar-refractivity contribution in [2.24, 2.45) is 0 Å². The van der Waals surface area contributed by atoms with E-state index in [1.54, 1.807) is 192 Å². The van der Waals surface area contributed by atoms with Gasteiger partial charge in [0.1, 0.15) is 0 Å². The standard InChI is InChI=1S/C66H160O28Si13.W/c1-68-99(69-2,70-3)58-32-49-96(50-33-59-100(71-4,72-5)73-6,51-34-60-101(74-7,75-8)76-9)46-29-43-95(42-28-41-67,44-30-47-97(52-35-61-102(77-10,78-11)79-12,53-36-62-103(80-13,81-14)82-15)54-37-63-104(83-16,84-17)85-18)45-31-48-98(55-38-64-105(86-19,87-20)88-21,56-39-65-106(89-22,90-23)91-24)57-40-66-107(92-25,93-26)94-27;/h67H,28-66H2,1-27H3;. The molecule has 0 aromatic heterocycles. The molecule has 0 saturated carbocycles. The molecule has 0 saturated heterocycles. The third kappa shape index (κ3) is 36.8. The van der Waals surface area contributed by atoms with Crippen molar-refractivity contribution in [1.82, 2.24) is 0 Å². The van der Waals surface area contributed by atoms with Crippen LogP contribution in [0, 0.1) is 0 Å². The van der Waals surface area contributed by atoms with E-state index in [4.69, 9.17) is 120 Å². The maximum Gasteiger partial charge on any atom is 0.500 e. The Labute approximate surface area is 685 Å². The number of aliphatic hydroxyl groups excluding tert-OH is 1. The first-order chi connectivity index (χ1) is 51.2. The second-order valence-electron chi connectivity index (χ2n) is 28.7. The van der Waals surface area contributed by atoms with Gasteiger partial charge in [0.25, 0.3) is 0 Å². The first-order valence-corrected chi connectivity index (χ1v) is 67.4. The molecule has 0 amide bonds. The Morgan fingerprint density at radius 1 is 0.130 bits per heavy atom. The van der Waals surface area contributed by atoms with E-state index in [1.165, 1.54) is 0 Å². The molecular formula is C66H160O28Si13W. The van der Waals surface area contributed by atoms with Gasteiger partial charge in [-0.3, -0.25) is 0 Å². The van der Waals surface area contributed by atoms with Crippen LogP contribution in [0.2, 0.25) is 151 Å². The molecule has 42 heteroatoms. The maximum absolute atomic E-state index is 11.3. The van der Waals surface area contributed by atoms with Gasteiger partial charge in [0.2, 0.25) is 0 Å². The average molecular weight is 1950 g/mol. The maximum atomic E-state index is 11.3. The Balaban J connectivity index is 0. The summed E-state index contributed by atoms with van der Waals surface area (Å²) in [6, 6.07) is 23.4. The van der Waals surface area contributed by atoms with Crippen LogP contribution in [0.15, 0.2) is 0 Å². The summed E-state index contributed by atoms with van der Waals surface area (Å²) in [5.41, 5.74) is 0. The van der Waals surface area contributed by atoms with Gasteiger partial charge in [-0.15, -0.1) is 0 Å². The zero-order chi connectivity index (χ0) is 81.2. The summed E-state index contributed by atoms with van der Waals surface area (Å²) >= 11 is 0. The van der Waals surface area contributed by atoms with Gasteiger partial charge in [-0.1, -0.05) is 174 Å². The molecule has 0 aromatic rings. The van der Waals surface area contributed by atoms with E-state index < -0.39 is 112 Å². The zero-order valence-electron chi connectivity index (χ0n) is 73.0. The quantitative estimate of drug-likeness (QED) is 0.0554. The van der Waals surface area contributed by atoms with Crippen LogP contribution in [0.25, 0.3) is 0 Å². The van der Waals surface area contributed by atoms with Crippen molar-refractivity contribution in [1.29, 1.82) is 0 Å². The largest absolute Gasteiger partial charge is 0.500 e. The summed E-state index contributed by atoms with van der Waals surface area (Å²) in [5, 5.41) is 11.3. The van der Waals surface area contributed by atoms with Crippen molar-refractivity contribution in [3.8, 4) is 0 Å². The van der Waals surface area contributed by atoms with Crippen molar-refractivity contribution in [2.75, 3.05) is 199 Å². The smallest absolute Gasteiger partial charge is 0.396 e. The van der Waals surface area contributed by atoms with Crippen LogP contribution >= 0.6 is 0 Å². The van der Waals surface area contributed by atoms with Crippen molar-refractivity contribution in [2.45, 2.75) is 235 Å². The summed E-state index contributed by atoms with van der Waals surface area (Å²) in [6.07, 6.45) is 12.0. The van der Waals surface area contributed by atoms with Crippen LogP contribution in [-0.2, 0) is 141 Å². The minimum Gasteiger partial charge on any atom is -0.396 e. The molecule has 0 bridgehead atoms. The molecule has 650 valence electrons. The fraction of sp³-hybridized carbons (Fsp3) is 1.00. The molecule has 0 aromatic carbocycles. The summed E-state index contributed by atoms with van der Waals surface area (Å²) in [6.45, 7) is 0.125. The first-order valence-electron chi connectivity index (χ1n) is 38.7. The minimum absolute atomic E-state index is 0. The Hall–Kier alpha value is 2.39. The summed E-state index contributed by atoms with van der Waals surface area (Å²) in [4.78, 5) is 0. The molecule has 0 aliphatic rings. The zero-order valence-corrected chi connectivity index (χ0v) is 88.9. The van der Waals surface area contributed by atoms with Crippen LogP contribution in [0.5, 0.6) is 0 Å². The van der Waals surface area contributed by atoms with Crippen LogP contribution in [-0.4, -0.2) is 315 Å². The molecule has 0 aliphatic heterocycles. The molecular weight excluding hydrogens is 1790 g/mol. The van der Waals surface area contributed by atoms with E-state index in [0.717, 1.165) is 180 Å². The van der Waals surface area contributed by atoms with E-state index in [9.17, 15) is 5.11 Å². The summed E-state index contributed by atoms with van der Waals surface area (Å²) in [7, 11) is 10.2. The molecule has 0 heterocycles. The van der Waals surface area contributed by atoms with E-state index >= 15 is 0 Å². The monoisotopic (exact) mass is 1950 g/mol. The second kappa shape index (κ2) is 60.0. The molecule has 0 unspecified atom stereocenters. The van der Waals surface area contributed by atoms with Crippen LogP contribution in [0.1, 0.15) is 83.5 Å². The van der Waals surface area contributed by atoms with Gasteiger partial charge in [-0.2, -0.15) is 0 Å². The molecule has 108 heavy (non-hydrogen) atoms. The van der Waals surface area contributed by atoms with Gasteiger partial charge in [0.15, 0.2) is 0 Å². The topological polar surface area (TPSA) is 269 Å². The van der Waals surface area contributed by atoms with E-state index in [2.05, 4.69) is 0 Å². The normalized spacial score (nSPS) is 13.9. The van der Waals surface area contributed by atoms with E-state index in [1.807, 2.05) is 0 Å². The Bertz CT molecular complexity index is 1660. The predicted octanol–water partition coefficient (Wildman–Crippen LogP) is 13.7. The van der Waals surface area contributed by atoms with E-state index in [0.29, 0.717) is 54.4 Å². The number of rotatable bonds is 78. The molecule has 0 spiro atoms. The van der Waals surface area contributed by atoms with Crippen molar-refractivity contribution < 1.29 is 146 Å². The Kier molecular flexibility index (Phi) is 62.4. The summed E-state index contributed by atoms with van der Waals surface area (Å²) in [5.74, 6) is 0. The molecule has 1 N–H and O–H groups in total. The van der Waals surface area contributed by atoms with Crippen molar-refractivity contribution in [3.05, 3.63) is 0 Å². The van der Waals surface area contributed by atoms with E-state index in [-0.39, 0.29) is 27.7 Å². The first kappa shape index (κ1) is 112. The SMILES string of the molecule is CO[Si](CCC[Si](CCC[Si](CCCO)(CCC[Si](CCC[Si](OC)(OC)OC)(CCC[Si](OC)(OC)OC)CCC[Si](OC)(OC)OC)CCC[Si](CCC[Si](OC)(OC)OC)(CCC[Si](OC)(OC)OC)CCC[Si](OC)(OC)OC)(CCC[Si](OC)(OC)OC)CCC[Si](OC)(OC)OC)(OC)OC.[W]. The predicted molar refractivity (Wildman–Crippen MR) is 451 cm³/mol. The molecule has 0 atom stereocenters.